The average molecular weight is 320 g/mol. The molecule has 5 heteroatoms. The minimum atomic E-state index is -1.69. The normalized spacial score (nSPS) is 32.1. The molecule has 0 unspecified atom stereocenters. The number of thiophene rings is 1. The Balaban J connectivity index is 1.68. The lowest BCUT2D eigenvalue weighted by Gasteiger charge is -2.33. The molecule has 0 bridgehead atoms. The highest BCUT2D eigenvalue weighted by Gasteiger charge is 2.25. The van der Waals surface area contributed by atoms with Crippen molar-refractivity contribution in [2.75, 3.05) is 19.4 Å². The quantitative estimate of drug-likeness (QED) is 0.940. The molecule has 2 aliphatic carbocycles. The van der Waals surface area contributed by atoms with Gasteiger partial charge in [-0.25, -0.2) is 9.97 Å². The number of anilines is 1. The minimum Gasteiger partial charge on any atom is -0.367 e. The summed E-state index contributed by atoms with van der Waals surface area (Å²) in [6.07, 6.45) is 2.37. The summed E-state index contributed by atoms with van der Waals surface area (Å²) < 4.78 is 33.1. The van der Waals surface area contributed by atoms with Gasteiger partial charge in [-0.1, -0.05) is 0 Å². The van der Waals surface area contributed by atoms with Crippen LogP contribution in [0, 0.1) is 0 Å². The Morgan fingerprint density at radius 2 is 2.05 bits per heavy atom. The Labute approximate surface area is 141 Å². The number of rotatable bonds is 3. The molecule has 0 aliphatic heterocycles. The second-order valence-electron chi connectivity index (χ2n) is 6.35. The van der Waals surface area contributed by atoms with Crippen LogP contribution in [0.1, 0.15) is 48.0 Å². The van der Waals surface area contributed by atoms with Crippen LogP contribution >= 0.6 is 11.3 Å². The lowest BCUT2D eigenvalue weighted by Crippen LogP contribution is -2.36. The maximum absolute atomic E-state index is 8.36. The molecule has 0 amide bonds. The molecule has 1 N–H and O–H groups in total. The molecule has 0 radical (unpaired) electrons. The van der Waals surface area contributed by atoms with Crippen LogP contribution in [0.15, 0.2) is 6.33 Å². The Kier molecular flexibility index (Phi) is 2.77. The van der Waals surface area contributed by atoms with Gasteiger partial charge in [-0.15, -0.1) is 11.3 Å². The van der Waals surface area contributed by atoms with E-state index in [1.54, 1.807) is 0 Å². The van der Waals surface area contributed by atoms with Crippen LogP contribution in [-0.2, 0) is 12.7 Å². The molecule has 4 rings (SSSR count). The Hall–Kier alpha value is -1.20. The fraction of sp³-hybridized carbons (Fsp3) is 0.647. The summed E-state index contributed by atoms with van der Waals surface area (Å²) in [5.41, 5.74) is 0.451. The molecular weight excluding hydrogens is 292 g/mol. The molecule has 2 aromatic heterocycles. The predicted molar refractivity (Wildman–Crippen MR) is 92.8 cm³/mol. The van der Waals surface area contributed by atoms with Gasteiger partial charge in [0, 0.05) is 22.4 Å². The van der Waals surface area contributed by atoms with E-state index in [-0.39, 0.29) is 6.42 Å². The van der Waals surface area contributed by atoms with Gasteiger partial charge in [-0.05, 0) is 64.5 Å². The van der Waals surface area contributed by atoms with Crippen LogP contribution in [0.5, 0.6) is 0 Å². The van der Waals surface area contributed by atoms with E-state index in [4.69, 9.17) is 5.48 Å². The van der Waals surface area contributed by atoms with Gasteiger partial charge in [-0.2, -0.15) is 0 Å². The fourth-order valence-corrected chi connectivity index (χ4v) is 4.49. The number of hydrogen-bond donors (Lipinski definition) is 1. The van der Waals surface area contributed by atoms with Gasteiger partial charge in [0.1, 0.15) is 17.0 Å². The third kappa shape index (κ3) is 2.50. The Bertz CT molecular complexity index is 828. The summed E-state index contributed by atoms with van der Waals surface area (Å²) in [6.45, 7) is 0. The fourth-order valence-electron chi connectivity index (χ4n) is 3.48. The topological polar surface area (TPSA) is 41.1 Å². The lowest BCUT2D eigenvalue weighted by atomic mass is 9.90. The molecule has 0 spiro atoms. The first-order chi connectivity index (χ1) is 12.2. The maximum atomic E-state index is 8.36. The van der Waals surface area contributed by atoms with Crippen LogP contribution in [0.25, 0.3) is 10.2 Å². The van der Waals surface area contributed by atoms with Crippen molar-refractivity contribution in [2.45, 2.75) is 56.9 Å². The van der Waals surface area contributed by atoms with Crippen LogP contribution in [0.2, 0.25) is 0 Å². The second kappa shape index (κ2) is 5.78. The molecule has 2 heterocycles. The summed E-state index contributed by atoms with van der Waals surface area (Å²) in [5, 5.41) is 4.19. The first-order valence-corrected chi connectivity index (χ1v) is 8.72. The molecule has 0 aromatic carbocycles. The Morgan fingerprint density at radius 1 is 1.23 bits per heavy atom. The highest BCUT2D eigenvalue weighted by Crippen LogP contribution is 2.39. The zero-order valence-corrected chi connectivity index (χ0v) is 13.8. The molecule has 1 saturated carbocycles. The van der Waals surface area contributed by atoms with E-state index in [9.17, 15) is 0 Å². The summed E-state index contributed by atoms with van der Waals surface area (Å²) >= 11 is 1.26. The largest absolute Gasteiger partial charge is 0.367 e. The highest BCUT2D eigenvalue weighted by molar-refractivity contribution is 7.19. The smallest absolute Gasteiger partial charge is 0.138 e. The first kappa shape index (κ1) is 10.6. The number of aromatic nitrogens is 2. The number of fused-ring (bicyclic) bond motifs is 3. The molecule has 22 heavy (non-hydrogen) atoms. The highest BCUT2D eigenvalue weighted by atomic mass is 32.1. The van der Waals surface area contributed by atoms with Gasteiger partial charge in [-0.3, -0.25) is 0 Å². The van der Waals surface area contributed by atoms with Crippen molar-refractivity contribution in [3.05, 3.63) is 16.8 Å². The second-order valence-corrected chi connectivity index (χ2v) is 7.35. The SMILES string of the molecule is [2H]C1([2H])CC([2H])([2H])c2c1sc1ncnc(N[C@H]3CC[C@H](N(C)C)CC3)c21. The molecule has 1 fully saturated rings. The van der Waals surface area contributed by atoms with E-state index < -0.39 is 12.7 Å². The zero-order chi connectivity index (χ0) is 18.7. The summed E-state index contributed by atoms with van der Waals surface area (Å²) in [7, 11) is 4.24. The molecule has 4 nitrogen and oxygen atoms in total. The minimum absolute atomic E-state index is 0.139. The van der Waals surface area contributed by atoms with Crippen LogP contribution in [0.4, 0.5) is 5.82 Å². The lowest BCUT2D eigenvalue weighted by molar-refractivity contribution is 0.221. The summed E-state index contributed by atoms with van der Waals surface area (Å²) in [5.74, 6) is 0.655. The van der Waals surface area contributed by atoms with Gasteiger partial charge >= 0.3 is 0 Å². The van der Waals surface area contributed by atoms with Gasteiger partial charge in [0.15, 0.2) is 0 Å². The molecule has 0 atom stereocenters. The Morgan fingerprint density at radius 3 is 2.82 bits per heavy atom. The molecule has 118 valence electrons. The third-order valence-electron chi connectivity index (χ3n) is 4.77. The third-order valence-corrected chi connectivity index (χ3v) is 5.83. The van der Waals surface area contributed by atoms with E-state index in [0.717, 1.165) is 25.7 Å². The number of hydrogen-bond acceptors (Lipinski definition) is 5. The number of nitrogens with zero attached hydrogens (tertiary/aromatic N) is 3. The molecular formula is C17H24N4S. The van der Waals surface area contributed by atoms with Crippen LogP contribution in [-0.4, -0.2) is 41.0 Å². The van der Waals surface area contributed by atoms with Crippen molar-refractivity contribution in [1.29, 1.82) is 0 Å². The van der Waals surface area contributed by atoms with Crippen LogP contribution < -0.4 is 5.32 Å². The number of aryl methyl sites for hydroxylation is 2. The number of nitrogens with one attached hydrogen (secondary N) is 1. The van der Waals surface area contributed by atoms with Crippen molar-refractivity contribution >= 4 is 27.4 Å². The van der Waals surface area contributed by atoms with Gasteiger partial charge < -0.3 is 10.2 Å². The summed E-state index contributed by atoms with van der Waals surface area (Å²) in [4.78, 5) is 12.1. The predicted octanol–water partition coefficient (Wildman–Crippen LogP) is 3.46. The van der Waals surface area contributed by atoms with Gasteiger partial charge in [0.05, 0.1) is 5.39 Å². The first-order valence-electron chi connectivity index (χ1n) is 9.90. The maximum Gasteiger partial charge on any atom is 0.138 e. The van der Waals surface area contributed by atoms with E-state index in [2.05, 4.69) is 34.3 Å². The zero-order valence-electron chi connectivity index (χ0n) is 17.0. The summed E-state index contributed by atoms with van der Waals surface area (Å²) in [6, 6.07) is 0.925. The average Bonchev–Trinajstić information content (AvgIpc) is 3.04. The van der Waals surface area contributed by atoms with E-state index >= 15 is 0 Å². The standard InChI is InChI=1S/C17H24N4S/c1-21(2)12-8-6-11(7-9-12)20-16-15-13-4-3-5-14(13)22-17(15)19-10-18-16/h10-12H,3-9H2,1-2H3,(H,18,19,20)/t11-,12-/i4D2,5D2. The van der Waals surface area contributed by atoms with Crippen molar-refractivity contribution in [3.63, 3.8) is 0 Å². The monoisotopic (exact) mass is 320 g/mol. The van der Waals surface area contributed by atoms with Crippen molar-refractivity contribution in [2.24, 2.45) is 0 Å². The van der Waals surface area contributed by atoms with Gasteiger partial charge in [0.25, 0.3) is 0 Å². The van der Waals surface area contributed by atoms with Gasteiger partial charge in [0.2, 0.25) is 0 Å². The van der Waals surface area contributed by atoms with E-state index in [0.29, 0.717) is 38.6 Å². The molecule has 0 saturated heterocycles. The van der Waals surface area contributed by atoms with E-state index in [1.165, 1.54) is 17.7 Å². The van der Waals surface area contributed by atoms with Crippen molar-refractivity contribution in [1.82, 2.24) is 14.9 Å². The molecule has 2 aliphatic rings. The van der Waals surface area contributed by atoms with Crippen LogP contribution in [0.3, 0.4) is 0 Å². The van der Waals surface area contributed by atoms with E-state index in [1.807, 2.05) is 0 Å². The van der Waals surface area contributed by atoms with Crippen molar-refractivity contribution in [3.8, 4) is 0 Å². The van der Waals surface area contributed by atoms with Crippen molar-refractivity contribution < 1.29 is 5.48 Å². The molecule has 2 aromatic rings.